The highest BCUT2D eigenvalue weighted by molar-refractivity contribution is 7.15. The van der Waals surface area contributed by atoms with Crippen molar-refractivity contribution in [1.29, 1.82) is 0 Å². The highest BCUT2D eigenvalue weighted by Crippen LogP contribution is 2.43. The maximum atomic E-state index is 12.9. The topological polar surface area (TPSA) is 68.0 Å². The molecule has 1 aromatic carbocycles. The van der Waals surface area contributed by atoms with Gasteiger partial charge in [0.2, 0.25) is 5.89 Å². The summed E-state index contributed by atoms with van der Waals surface area (Å²) in [7, 11) is 0. The first kappa shape index (κ1) is 15.8. The fraction of sp³-hybridized carbons (Fsp3) is 0.350. The van der Waals surface area contributed by atoms with Crippen LogP contribution in [0.1, 0.15) is 58.4 Å². The Bertz CT molecular complexity index is 933. The zero-order valence-electron chi connectivity index (χ0n) is 14.3. The molecule has 2 aromatic heterocycles. The summed E-state index contributed by atoms with van der Waals surface area (Å²) < 4.78 is 5.98. The Morgan fingerprint density at radius 2 is 1.92 bits per heavy atom. The third-order valence-corrected chi connectivity index (χ3v) is 5.98. The van der Waals surface area contributed by atoms with E-state index in [2.05, 4.69) is 15.3 Å². The number of fused-ring (bicyclic) bond motifs is 1. The van der Waals surface area contributed by atoms with Crippen molar-refractivity contribution in [2.24, 2.45) is 0 Å². The van der Waals surface area contributed by atoms with Gasteiger partial charge < -0.3 is 4.42 Å². The van der Waals surface area contributed by atoms with Crippen LogP contribution in [0.15, 0.2) is 34.7 Å². The Morgan fingerprint density at radius 3 is 2.69 bits per heavy atom. The number of oxazole rings is 1. The van der Waals surface area contributed by atoms with Gasteiger partial charge in [-0.1, -0.05) is 18.2 Å². The van der Waals surface area contributed by atoms with E-state index in [0.717, 1.165) is 36.9 Å². The number of carbonyl (C=O) groups is 1. The van der Waals surface area contributed by atoms with E-state index in [-0.39, 0.29) is 5.91 Å². The molecule has 2 heterocycles. The van der Waals surface area contributed by atoms with Crippen LogP contribution in [0, 0.1) is 0 Å². The maximum absolute atomic E-state index is 12.9. The van der Waals surface area contributed by atoms with E-state index in [4.69, 9.17) is 4.42 Å². The number of aromatic nitrogens is 2. The summed E-state index contributed by atoms with van der Waals surface area (Å²) in [6, 6.07) is 9.72. The maximum Gasteiger partial charge on any atom is 0.279 e. The van der Waals surface area contributed by atoms with Crippen LogP contribution in [0.3, 0.4) is 0 Å². The first-order valence-electron chi connectivity index (χ1n) is 9.14. The minimum atomic E-state index is -0.219. The smallest absolute Gasteiger partial charge is 0.279 e. The molecule has 0 saturated heterocycles. The predicted molar refractivity (Wildman–Crippen MR) is 101 cm³/mol. The van der Waals surface area contributed by atoms with E-state index in [0.29, 0.717) is 28.4 Å². The van der Waals surface area contributed by atoms with Gasteiger partial charge in [0.05, 0.1) is 5.69 Å². The molecule has 1 amide bonds. The Morgan fingerprint density at radius 1 is 1.12 bits per heavy atom. The number of hydrogen-bond acceptors (Lipinski definition) is 5. The molecule has 0 radical (unpaired) electrons. The van der Waals surface area contributed by atoms with Gasteiger partial charge in [-0.15, -0.1) is 11.3 Å². The van der Waals surface area contributed by atoms with E-state index >= 15 is 0 Å². The Balaban J connectivity index is 1.44. The molecule has 0 unspecified atom stereocenters. The number of rotatable bonds is 4. The average Bonchev–Trinajstić information content (AvgIpc) is 3.28. The third kappa shape index (κ3) is 2.94. The van der Waals surface area contributed by atoms with Crippen molar-refractivity contribution in [2.75, 3.05) is 5.32 Å². The molecule has 0 atom stereocenters. The molecule has 0 aliphatic heterocycles. The molecule has 1 fully saturated rings. The molecule has 1 N–H and O–H groups in total. The van der Waals surface area contributed by atoms with E-state index in [1.54, 1.807) is 11.3 Å². The highest BCUT2D eigenvalue weighted by Gasteiger charge is 2.34. The van der Waals surface area contributed by atoms with Crippen LogP contribution >= 0.6 is 11.3 Å². The number of nitrogens with one attached hydrogen (secondary N) is 1. The molecule has 2 aliphatic rings. The van der Waals surface area contributed by atoms with Gasteiger partial charge in [0, 0.05) is 16.4 Å². The number of hydrogen-bond donors (Lipinski definition) is 1. The van der Waals surface area contributed by atoms with E-state index < -0.39 is 0 Å². The lowest BCUT2D eigenvalue weighted by molar-refractivity contribution is 0.102. The summed E-state index contributed by atoms with van der Waals surface area (Å²) in [6.45, 7) is 0. The molecular formula is C20H19N3O2S. The number of carbonyl (C=O) groups excluding carboxylic acids is 1. The van der Waals surface area contributed by atoms with Gasteiger partial charge in [0.1, 0.15) is 5.76 Å². The number of benzene rings is 1. The van der Waals surface area contributed by atoms with Crippen molar-refractivity contribution in [3.8, 4) is 11.5 Å². The number of anilines is 1. The molecule has 2 aliphatic carbocycles. The first-order valence-corrected chi connectivity index (χ1v) is 9.95. The standard InChI is InChI=1S/C20H19N3O2S/c24-18(23-20-21-14-8-4-5-9-15(14)26-20)16-17(12-10-11-12)25-19(22-16)13-6-2-1-3-7-13/h1-3,6-7,12H,4-5,8-11H2,(H,21,23,24). The Kier molecular flexibility index (Phi) is 3.85. The van der Waals surface area contributed by atoms with Crippen molar-refractivity contribution in [3.63, 3.8) is 0 Å². The quantitative estimate of drug-likeness (QED) is 0.721. The summed E-state index contributed by atoms with van der Waals surface area (Å²) in [5, 5.41) is 3.62. The van der Waals surface area contributed by atoms with Gasteiger partial charge >= 0.3 is 0 Å². The largest absolute Gasteiger partial charge is 0.440 e. The fourth-order valence-electron chi connectivity index (χ4n) is 3.38. The van der Waals surface area contributed by atoms with E-state index in [1.807, 2.05) is 30.3 Å². The van der Waals surface area contributed by atoms with Crippen LogP contribution in [0.2, 0.25) is 0 Å². The number of nitrogens with zero attached hydrogens (tertiary/aromatic N) is 2. The van der Waals surface area contributed by atoms with Gasteiger partial charge in [-0.05, 0) is 50.7 Å². The molecule has 5 rings (SSSR count). The van der Waals surface area contributed by atoms with Crippen molar-refractivity contribution in [1.82, 2.24) is 9.97 Å². The zero-order chi connectivity index (χ0) is 17.5. The second-order valence-corrected chi connectivity index (χ2v) is 8.01. The number of amides is 1. The third-order valence-electron chi connectivity index (χ3n) is 4.90. The lowest BCUT2D eigenvalue weighted by atomic mass is 10.0. The predicted octanol–water partition coefficient (Wildman–Crippen LogP) is 4.81. The van der Waals surface area contributed by atoms with Crippen molar-refractivity contribution >= 4 is 22.4 Å². The van der Waals surface area contributed by atoms with Crippen LogP contribution in [-0.2, 0) is 12.8 Å². The van der Waals surface area contributed by atoms with Crippen LogP contribution in [0.4, 0.5) is 5.13 Å². The van der Waals surface area contributed by atoms with Gasteiger partial charge in [0.15, 0.2) is 10.8 Å². The molecule has 6 heteroatoms. The summed E-state index contributed by atoms with van der Waals surface area (Å²) in [5.74, 6) is 1.31. The van der Waals surface area contributed by atoms with Crippen molar-refractivity contribution in [2.45, 2.75) is 44.4 Å². The number of aryl methyl sites for hydroxylation is 2. The monoisotopic (exact) mass is 365 g/mol. The normalized spacial score (nSPS) is 16.3. The average molecular weight is 365 g/mol. The van der Waals surface area contributed by atoms with E-state index in [9.17, 15) is 4.79 Å². The van der Waals surface area contributed by atoms with Crippen LogP contribution in [0.25, 0.3) is 11.5 Å². The first-order chi connectivity index (χ1) is 12.8. The molecule has 0 bridgehead atoms. The summed E-state index contributed by atoms with van der Waals surface area (Å²) in [5.41, 5.74) is 2.43. The molecule has 3 aromatic rings. The second-order valence-electron chi connectivity index (χ2n) is 6.92. The molecular weight excluding hydrogens is 346 g/mol. The van der Waals surface area contributed by atoms with Crippen molar-refractivity contribution in [3.05, 3.63) is 52.4 Å². The van der Waals surface area contributed by atoms with Gasteiger partial charge in [-0.25, -0.2) is 9.97 Å². The van der Waals surface area contributed by atoms with E-state index in [1.165, 1.54) is 17.7 Å². The fourth-order valence-corrected chi connectivity index (χ4v) is 4.43. The van der Waals surface area contributed by atoms with Crippen molar-refractivity contribution < 1.29 is 9.21 Å². The second kappa shape index (κ2) is 6.36. The molecule has 0 spiro atoms. The van der Waals surface area contributed by atoms with Gasteiger partial charge in [0.25, 0.3) is 5.91 Å². The summed E-state index contributed by atoms with van der Waals surface area (Å²) in [6.07, 6.45) is 6.57. The van der Waals surface area contributed by atoms with Gasteiger partial charge in [-0.3, -0.25) is 10.1 Å². The Labute approximate surface area is 155 Å². The molecule has 132 valence electrons. The van der Waals surface area contributed by atoms with Gasteiger partial charge in [-0.2, -0.15) is 0 Å². The lowest BCUT2D eigenvalue weighted by Crippen LogP contribution is -2.14. The van der Waals surface area contributed by atoms with Crippen LogP contribution < -0.4 is 5.32 Å². The number of thiazole rings is 1. The SMILES string of the molecule is O=C(Nc1nc2c(s1)CCCC2)c1nc(-c2ccccc2)oc1C1CC1. The summed E-state index contributed by atoms with van der Waals surface area (Å²) in [4.78, 5) is 23.3. The molecule has 5 nitrogen and oxygen atoms in total. The Hall–Kier alpha value is -2.47. The minimum Gasteiger partial charge on any atom is -0.440 e. The van der Waals surface area contributed by atoms with Crippen LogP contribution in [-0.4, -0.2) is 15.9 Å². The lowest BCUT2D eigenvalue weighted by Gasteiger charge is -2.06. The van der Waals surface area contributed by atoms with Crippen LogP contribution in [0.5, 0.6) is 0 Å². The molecule has 1 saturated carbocycles. The molecule has 26 heavy (non-hydrogen) atoms. The summed E-state index contributed by atoms with van der Waals surface area (Å²) >= 11 is 1.59. The highest BCUT2D eigenvalue weighted by atomic mass is 32.1. The minimum absolute atomic E-state index is 0.219. The zero-order valence-corrected chi connectivity index (χ0v) is 15.1.